The van der Waals surface area contributed by atoms with Crippen molar-refractivity contribution in [3.8, 4) is 11.8 Å². The molecule has 1 aliphatic rings. The number of hydrogen-bond donors (Lipinski definition) is 3. The molecule has 3 heterocycles. The number of piperazine rings is 1. The van der Waals surface area contributed by atoms with Crippen molar-refractivity contribution in [2.45, 2.75) is 26.0 Å². The van der Waals surface area contributed by atoms with Gasteiger partial charge in [-0.25, -0.2) is 4.79 Å². The smallest absolute Gasteiger partial charge is 0.319 e. The van der Waals surface area contributed by atoms with Crippen LogP contribution in [0.1, 0.15) is 17.4 Å². The molecule has 3 aromatic rings. The molecule has 1 aromatic carbocycles. The molecule has 35 heavy (non-hydrogen) atoms. The molecule has 2 amide bonds. The average Bonchev–Trinajstić information content (AvgIpc) is 3.33. The van der Waals surface area contributed by atoms with Crippen molar-refractivity contribution < 1.29 is 24.5 Å². The van der Waals surface area contributed by atoms with Crippen LogP contribution in [0.3, 0.4) is 0 Å². The molecule has 0 aliphatic carbocycles. The van der Waals surface area contributed by atoms with Gasteiger partial charge in [0.15, 0.2) is 0 Å². The molecule has 0 unspecified atom stereocenters. The van der Waals surface area contributed by atoms with Gasteiger partial charge in [-0.15, -0.1) is 11.3 Å². The highest BCUT2D eigenvalue weighted by molar-refractivity contribution is 7.18. The highest BCUT2D eigenvalue weighted by atomic mass is 32.1. The van der Waals surface area contributed by atoms with E-state index in [4.69, 9.17) is 14.6 Å². The maximum atomic E-state index is 12.7. The first-order valence-electron chi connectivity index (χ1n) is 11.6. The second-order valence-corrected chi connectivity index (χ2v) is 9.36. The molecule has 0 bridgehead atoms. The van der Waals surface area contributed by atoms with Gasteiger partial charge >= 0.3 is 12.0 Å². The summed E-state index contributed by atoms with van der Waals surface area (Å²) >= 11 is 1.59. The Labute approximate surface area is 208 Å². The van der Waals surface area contributed by atoms with Crippen LogP contribution in [-0.4, -0.2) is 83.7 Å². The largest absolute Gasteiger partial charge is 0.497 e. The van der Waals surface area contributed by atoms with Crippen molar-refractivity contribution in [2.75, 3.05) is 51.4 Å². The number of carbonyl (C=O) groups is 1. The normalized spacial score (nSPS) is 14.7. The molecule has 1 aliphatic heterocycles. The third kappa shape index (κ3) is 6.11. The number of amides is 2. The van der Waals surface area contributed by atoms with Crippen LogP contribution in [0.2, 0.25) is 0 Å². The SMILES string of the molecule is CCc1cc2c(N3CCN(C(=O)NCc4cccc(OC)c4)CC3)nc(OC[C@@H](O)CO)nc2s1. The lowest BCUT2D eigenvalue weighted by Crippen LogP contribution is -2.52. The highest BCUT2D eigenvalue weighted by Gasteiger charge is 2.25. The molecule has 2 aromatic heterocycles. The number of methoxy groups -OCH3 is 1. The second kappa shape index (κ2) is 11.5. The molecule has 0 spiro atoms. The van der Waals surface area contributed by atoms with Gasteiger partial charge in [0.1, 0.15) is 29.1 Å². The molecular formula is C24H31N5O5S. The van der Waals surface area contributed by atoms with Crippen molar-refractivity contribution in [1.82, 2.24) is 20.2 Å². The number of aryl methyl sites for hydroxylation is 1. The van der Waals surface area contributed by atoms with Crippen molar-refractivity contribution in [2.24, 2.45) is 0 Å². The summed E-state index contributed by atoms with van der Waals surface area (Å²) in [5.41, 5.74) is 0.975. The number of hydrogen-bond acceptors (Lipinski definition) is 9. The molecule has 1 fully saturated rings. The minimum absolute atomic E-state index is 0.0886. The number of nitrogens with one attached hydrogen (secondary N) is 1. The van der Waals surface area contributed by atoms with Gasteiger partial charge in [0.25, 0.3) is 0 Å². The van der Waals surface area contributed by atoms with E-state index in [2.05, 4.69) is 33.2 Å². The highest BCUT2D eigenvalue weighted by Crippen LogP contribution is 2.33. The number of thiophene rings is 1. The van der Waals surface area contributed by atoms with E-state index in [-0.39, 0.29) is 18.6 Å². The van der Waals surface area contributed by atoms with Gasteiger partial charge in [-0.3, -0.25) is 0 Å². The van der Waals surface area contributed by atoms with Crippen LogP contribution in [-0.2, 0) is 13.0 Å². The summed E-state index contributed by atoms with van der Waals surface area (Å²) in [7, 11) is 1.62. The van der Waals surface area contributed by atoms with Crippen LogP contribution >= 0.6 is 11.3 Å². The molecule has 0 saturated carbocycles. The van der Waals surface area contributed by atoms with E-state index in [0.717, 1.165) is 33.8 Å². The van der Waals surface area contributed by atoms with Crippen LogP contribution < -0.4 is 19.7 Å². The Kier molecular flexibility index (Phi) is 8.21. The predicted octanol–water partition coefficient (Wildman–Crippen LogP) is 2.03. The van der Waals surface area contributed by atoms with Crippen LogP contribution in [0.4, 0.5) is 10.6 Å². The summed E-state index contributed by atoms with van der Waals surface area (Å²) < 4.78 is 10.8. The Morgan fingerprint density at radius 3 is 2.74 bits per heavy atom. The number of aromatic nitrogens is 2. The monoisotopic (exact) mass is 501 g/mol. The third-order valence-electron chi connectivity index (χ3n) is 5.81. The van der Waals surface area contributed by atoms with Crippen molar-refractivity contribution in [3.63, 3.8) is 0 Å². The van der Waals surface area contributed by atoms with Gasteiger partial charge in [0.2, 0.25) is 0 Å². The van der Waals surface area contributed by atoms with Gasteiger partial charge in [-0.05, 0) is 30.2 Å². The number of aliphatic hydroxyl groups is 2. The number of fused-ring (bicyclic) bond motifs is 1. The fraction of sp³-hybridized carbons (Fsp3) is 0.458. The molecule has 10 nitrogen and oxygen atoms in total. The lowest BCUT2D eigenvalue weighted by atomic mass is 10.2. The number of ether oxygens (including phenoxy) is 2. The van der Waals surface area contributed by atoms with Crippen molar-refractivity contribution >= 4 is 33.4 Å². The maximum absolute atomic E-state index is 12.7. The summed E-state index contributed by atoms with van der Waals surface area (Å²) in [6.45, 7) is 4.39. The van der Waals surface area contributed by atoms with E-state index >= 15 is 0 Å². The van der Waals surface area contributed by atoms with E-state index in [9.17, 15) is 9.90 Å². The lowest BCUT2D eigenvalue weighted by Gasteiger charge is -2.35. The Hall–Kier alpha value is -3.15. The second-order valence-electron chi connectivity index (χ2n) is 8.25. The minimum atomic E-state index is -0.994. The molecule has 4 rings (SSSR count). The van der Waals surface area contributed by atoms with Crippen molar-refractivity contribution in [1.29, 1.82) is 0 Å². The zero-order valence-corrected chi connectivity index (χ0v) is 20.8. The van der Waals surface area contributed by atoms with Gasteiger partial charge in [0, 0.05) is 37.6 Å². The summed E-state index contributed by atoms with van der Waals surface area (Å²) in [5.74, 6) is 1.52. The minimum Gasteiger partial charge on any atom is -0.497 e. The van der Waals surface area contributed by atoms with Gasteiger partial charge < -0.3 is 34.8 Å². The average molecular weight is 502 g/mol. The van der Waals surface area contributed by atoms with Crippen LogP contribution in [0.5, 0.6) is 11.8 Å². The summed E-state index contributed by atoms with van der Waals surface area (Å²) in [5, 5.41) is 22.6. The molecule has 188 valence electrons. The summed E-state index contributed by atoms with van der Waals surface area (Å²) in [6, 6.07) is 9.80. The Morgan fingerprint density at radius 1 is 1.23 bits per heavy atom. The standard InChI is InChI=1S/C24H31N5O5S/c1-3-19-12-20-21(26-23(27-22(20)35-19)34-15-17(31)14-30)28-7-9-29(10-8-28)24(32)25-13-16-5-4-6-18(11-16)33-2/h4-6,11-12,17,30-31H,3,7-10,13-15H2,1-2H3,(H,25,32)/t17-/m0/s1. The number of anilines is 1. The Bertz CT molecular complexity index is 1150. The molecule has 1 saturated heterocycles. The first-order chi connectivity index (χ1) is 17.0. The van der Waals surface area contributed by atoms with Gasteiger partial charge in [0.05, 0.1) is 19.1 Å². The number of nitrogens with zero attached hydrogens (tertiary/aromatic N) is 4. The Balaban J connectivity index is 1.41. The van der Waals surface area contributed by atoms with Crippen molar-refractivity contribution in [3.05, 3.63) is 40.8 Å². The van der Waals surface area contributed by atoms with Crippen LogP contribution in [0.25, 0.3) is 10.2 Å². The Morgan fingerprint density at radius 2 is 2.03 bits per heavy atom. The zero-order chi connectivity index (χ0) is 24.8. The number of rotatable bonds is 9. The fourth-order valence-corrected chi connectivity index (χ4v) is 4.79. The predicted molar refractivity (Wildman–Crippen MR) is 134 cm³/mol. The van der Waals surface area contributed by atoms with Gasteiger partial charge in [-0.2, -0.15) is 9.97 Å². The molecule has 11 heteroatoms. The number of benzene rings is 1. The van der Waals surface area contributed by atoms with E-state index in [1.54, 1.807) is 23.3 Å². The lowest BCUT2D eigenvalue weighted by molar-refractivity contribution is 0.0506. The first-order valence-corrected chi connectivity index (χ1v) is 12.4. The number of aliphatic hydroxyl groups excluding tert-OH is 2. The fourth-order valence-electron chi connectivity index (χ4n) is 3.83. The molecular weight excluding hydrogens is 470 g/mol. The first kappa shape index (κ1) is 25.0. The number of urea groups is 1. The molecule has 1 atom stereocenters. The summed E-state index contributed by atoms with van der Waals surface area (Å²) in [6.07, 6.45) is -0.104. The molecule has 3 N–H and O–H groups in total. The van der Waals surface area contributed by atoms with Gasteiger partial charge in [-0.1, -0.05) is 19.1 Å². The zero-order valence-electron chi connectivity index (χ0n) is 19.9. The number of carbonyl (C=O) groups excluding carboxylic acids is 1. The maximum Gasteiger partial charge on any atom is 0.319 e. The third-order valence-corrected chi connectivity index (χ3v) is 6.98. The van der Waals surface area contributed by atoms with Crippen LogP contribution in [0, 0.1) is 0 Å². The van der Waals surface area contributed by atoms with E-state index in [1.165, 1.54) is 4.88 Å². The summed E-state index contributed by atoms with van der Waals surface area (Å²) in [4.78, 5) is 27.8. The van der Waals surface area contributed by atoms with E-state index < -0.39 is 12.7 Å². The topological polar surface area (TPSA) is 120 Å². The van der Waals surface area contributed by atoms with Crippen LogP contribution in [0.15, 0.2) is 30.3 Å². The quantitative estimate of drug-likeness (QED) is 0.407. The van der Waals surface area contributed by atoms with E-state index in [0.29, 0.717) is 32.7 Å². The molecule has 0 radical (unpaired) electrons. The van der Waals surface area contributed by atoms with E-state index in [1.807, 2.05) is 24.3 Å².